The molecular formula is C29H33ClF5N5O3. The third kappa shape index (κ3) is 7.94. The van der Waals surface area contributed by atoms with E-state index in [2.05, 4.69) is 10.6 Å². The second-order valence-electron chi connectivity index (χ2n) is 10.8. The van der Waals surface area contributed by atoms with Crippen molar-refractivity contribution in [2.45, 2.75) is 57.9 Å². The van der Waals surface area contributed by atoms with Crippen LogP contribution in [0.15, 0.2) is 30.3 Å². The van der Waals surface area contributed by atoms with E-state index in [1.807, 2.05) is 11.8 Å². The summed E-state index contributed by atoms with van der Waals surface area (Å²) in [5, 5.41) is 5.49. The first-order valence-corrected chi connectivity index (χ1v) is 14.3. The summed E-state index contributed by atoms with van der Waals surface area (Å²) >= 11 is 6.21. The fourth-order valence-corrected chi connectivity index (χ4v) is 5.70. The number of nitrogens with one attached hydrogen (secondary N) is 2. The Morgan fingerprint density at radius 3 is 2.47 bits per heavy atom. The first-order valence-electron chi connectivity index (χ1n) is 13.9. The quantitative estimate of drug-likeness (QED) is 0.404. The third-order valence-electron chi connectivity index (χ3n) is 7.76. The number of nitrogens with zero attached hydrogens (tertiary/aromatic N) is 3. The molecule has 2 heterocycles. The fraction of sp³-hybridized carbons (Fsp3) is 0.483. The molecule has 2 aromatic carbocycles. The molecule has 14 heteroatoms. The molecule has 0 saturated carbocycles. The lowest BCUT2D eigenvalue weighted by Gasteiger charge is -2.42. The third-order valence-corrected chi connectivity index (χ3v) is 8.00. The lowest BCUT2D eigenvalue weighted by Crippen LogP contribution is -2.52. The first kappa shape index (κ1) is 32.5. The van der Waals surface area contributed by atoms with Crippen LogP contribution in [0.5, 0.6) is 0 Å². The van der Waals surface area contributed by atoms with Crippen LogP contribution in [-0.4, -0.2) is 78.5 Å². The number of hydrogen-bond acceptors (Lipinski definition) is 5. The van der Waals surface area contributed by atoms with E-state index in [0.717, 1.165) is 6.07 Å². The molecule has 234 valence electrons. The van der Waals surface area contributed by atoms with Crippen molar-refractivity contribution in [3.8, 4) is 0 Å². The number of rotatable bonds is 8. The van der Waals surface area contributed by atoms with Crippen molar-refractivity contribution in [3.63, 3.8) is 0 Å². The van der Waals surface area contributed by atoms with Gasteiger partial charge in [-0.05, 0) is 44.0 Å². The Bertz CT molecular complexity index is 1370. The minimum Gasteiger partial charge on any atom is -0.365 e. The molecule has 8 nitrogen and oxygen atoms in total. The predicted octanol–water partition coefficient (Wildman–Crippen LogP) is 4.96. The Hall–Kier alpha value is -3.45. The van der Waals surface area contributed by atoms with Crippen LogP contribution >= 0.6 is 11.6 Å². The molecule has 0 unspecified atom stereocenters. The topological polar surface area (TPSA) is 85.0 Å². The Morgan fingerprint density at radius 1 is 1.05 bits per heavy atom. The summed E-state index contributed by atoms with van der Waals surface area (Å²) in [4.78, 5) is 42.4. The van der Waals surface area contributed by atoms with E-state index in [9.17, 15) is 31.9 Å². The maximum absolute atomic E-state index is 15.1. The zero-order chi connectivity index (χ0) is 31.5. The van der Waals surface area contributed by atoms with Crippen LogP contribution in [0.2, 0.25) is 5.02 Å². The van der Waals surface area contributed by atoms with Gasteiger partial charge in [-0.15, -0.1) is 0 Å². The van der Waals surface area contributed by atoms with Gasteiger partial charge in [-0.25, -0.2) is 8.78 Å². The molecule has 0 bridgehead atoms. The van der Waals surface area contributed by atoms with E-state index in [-0.39, 0.29) is 36.3 Å². The maximum Gasteiger partial charge on any atom is 0.390 e. The molecule has 0 radical (unpaired) electrons. The molecule has 2 N–H and O–H groups in total. The summed E-state index contributed by atoms with van der Waals surface area (Å²) in [7, 11) is 0. The second kappa shape index (κ2) is 13.5. The molecule has 2 saturated heterocycles. The van der Waals surface area contributed by atoms with Crippen LogP contribution in [0.3, 0.4) is 0 Å². The molecule has 2 aromatic rings. The Labute approximate surface area is 251 Å². The monoisotopic (exact) mass is 629 g/mol. The molecule has 0 aliphatic carbocycles. The standard InChI is InChI=1S/C29H33ClF5N5O3/c1-17-16-38(11-9-29(33,34)35)12-13-39(17)24-14-20(30)6-8-22(24)37-27(42)21-7-5-19(25(31)26(21)32)15-36-28(43)23-4-3-10-40(23)18(2)41/h5-8,14,17,23H,3-4,9-13,15-16H2,1-2H3,(H,36,43)(H,37,42)/t17-,23-/m0/s1. The minimum atomic E-state index is -4.25. The molecule has 0 spiro atoms. The van der Waals surface area contributed by atoms with Crippen LogP contribution in [0.25, 0.3) is 0 Å². The average Bonchev–Trinajstić information content (AvgIpc) is 3.44. The molecule has 2 atom stereocenters. The van der Waals surface area contributed by atoms with Gasteiger partial charge in [0.1, 0.15) is 6.04 Å². The van der Waals surface area contributed by atoms with Gasteiger partial charge in [0.2, 0.25) is 11.8 Å². The fourth-order valence-electron chi connectivity index (χ4n) is 5.53. The van der Waals surface area contributed by atoms with Gasteiger partial charge in [-0.1, -0.05) is 17.7 Å². The number of carbonyl (C=O) groups is 3. The number of likely N-dealkylation sites (tertiary alicyclic amines) is 1. The van der Waals surface area contributed by atoms with Crippen molar-refractivity contribution in [1.29, 1.82) is 0 Å². The summed E-state index contributed by atoms with van der Waals surface area (Å²) in [6, 6.07) is 6.05. The largest absolute Gasteiger partial charge is 0.390 e. The summed E-state index contributed by atoms with van der Waals surface area (Å²) < 4.78 is 68.1. The predicted molar refractivity (Wildman–Crippen MR) is 152 cm³/mol. The van der Waals surface area contributed by atoms with Gasteiger partial charge < -0.3 is 20.4 Å². The summed E-state index contributed by atoms with van der Waals surface area (Å²) in [6.07, 6.45) is -4.03. The molecule has 2 aliphatic rings. The van der Waals surface area contributed by atoms with Gasteiger partial charge in [0.05, 0.1) is 23.4 Å². The van der Waals surface area contributed by atoms with Gasteiger partial charge in [0.25, 0.3) is 5.91 Å². The summed E-state index contributed by atoms with van der Waals surface area (Å²) in [5.41, 5.74) is 0.0412. The van der Waals surface area contributed by atoms with Crippen molar-refractivity contribution in [2.24, 2.45) is 0 Å². The van der Waals surface area contributed by atoms with E-state index in [0.29, 0.717) is 49.7 Å². The zero-order valence-corrected chi connectivity index (χ0v) is 24.5. The lowest BCUT2D eigenvalue weighted by atomic mass is 10.1. The zero-order valence-electron chi connectivity index (χ0n) is 23.7. The number of amides is 3. The van der Waals surface area contributed by atoms with E-state index in [1.54, 1.807) is 11.0 Å². The Kier molecular flexibility index (Phi) is 10.2. The van der Waals surface area contributed by atoms with Crippen LogP contribution in [-0.2, 0) is 16.1 Å². The SMILES string of the molecule is CC(=O)N1CCC[C@H]1C(=O)NCc1ccc(C(=O)Nc2ccc(Cl)cc2N2CCN(CCC(F)(F)F)C[C@@H]2C)c(F)c1F. The summed E-state index contributed by atoms with van der Waals surface area (Å²) in [5.74, 6) is -4.32. The van der Waals surface area contributed by atoms with E-state index in [1.165, 1.54) is 30.0 Å². The molecule has 3 amide bonds. The Morgan fingerprint density at radius 2 is 1.79 bits per heavy atom. The maximum atomic E-state index is 15.1. The van der Waals surface area contributed by atoms with Crippen LogP contribution in [0.1, 0.15) is 49.0 Å². The van der Waals surface area contributed by atoms with Crippen molar-refractivity contribution < 1.29 is 36.3 Å². The van der Waals surface area contributed by atoms with E-state index >= 15 is 4.39 Å². The van der Waals surface area contributed by atoms with Gasteiger partial charge in [-0.3, -0.25) is 19.3 Å². The number of benzene rings is 2. The molecule has 0 aromatic heterocycles. The lowest BCUT2D eigenvalue weighted by molar-refractivity contribution is -0.138. The average molecular weight is 630 g/mol. The van der Waals surface area contributed by atoms with Crippen LogP contribution < -0.4 is 15.5 Å². The van der Waals surface area contributed by atoms with Gasteiger partial charge in [0, 0.05) is 62.8 Å². The first-order chi connectivity index (χ1) is 20.2. The molecule has 43 heavy (non-hydrogen) atoms. The van der Waals surface area contributed by atoms with E-state index in [4.69, 9.17) is 11.6 Å². The highest BCUT2D eigenvalue weighted by Gasteiger charge is 2.33. The molecule has 2 fully saturated rings. The van der Waals surface area contributed by atoms with Gasteiger partial charge in [-0.2, -0.15) is 13.2 Å². The van der Waals surface area contributed by atoms with Crippen LogP contribution in [0.4, 0.5) is 33.3 Å². The highest BCUT2D eigenvalue weighted by Crippen LogP contribution is 2.33. The normalized spacial score (nSPS) is 19.4. The Balaban J connectivity index is 1.44. The number of hydrogen-bond donors (Lipinski definition) is 2. The highest BCUT2D eigenvalue weighted by molar-refractivity contribution is 6.31. The summed E-state index contributed by atoms with van der Waals surface area (Å²) in [6.45, 7) is 4.25. The second-order valence-corrected chi connectivity index (χ2v) is 11.2. The van der Waals surface area contributed by atoms with Crippen molar-refractivity contribution in [2.75, 3.05) is 42.9 Å². The number of anilines is 2. The van der Waals surface area contributed by atoms with Crippen molar-refractivity contribution in [3.05, 3.63) is 58.1 Å². The van der Waals surface area contributed by atoms with Crippen molar-refractivity contribution in [1.82, 2.24) is 15.1 Å². The van der Waals surface area contributed by atoms with Crippen molar-refractivity contribution >= 4 is 40.7 Å². The molecule has 4 rings (SSSR count). The van der Waals surface area contributed by atoms with Crippen LogP contribution in [0, 0.1) is 11.6 Å². The minimum absolute atomic E-state index is 0.122. The van der Waals surface area contributed by atoms with Gasteiger partial charge >= 0.3 is 6.18 Å². The smallest absolute Gasteiger partial charge is 0.365 e. The van der Waals surface area contributed by atoms with E-state index < -0.39 is 47.7 Å². The highest BCUT2D eigenvalue weighted by atomic mass is 35.5. The number of halogens is 6. The number of alkyl halides is 3. The molecular weight excluding hydrogens is 597 g/mol. The molecule has 2 aliphatic heterocycles. The number of piperazine rings is 1. The van der Waals surface area contributed by atoms with Gasteiger partial charge in [0.15, 0.2) is 11.6 Å². The number of carbonyl (C=O) groups excluding carboxylic acids is 3.